The van der Waals surface area contributed by atoms with E-state index in [1.54, 1.807) is 12.1 Å². The minimum atomic E-state index is -0.00189. The van der Waals surface area contributed by atoms with Crippen LogP contribution in [0.15, 0.2) is 12.1 Å². The van der Waals surface area contributed by atoms with Crippen LogP contribution in [0.5, 0.6) is 11.5 Å². The lowest BCUT2D eigenvalue weighted by Crippen LogP contribution is -2.26. The third kappa shape index (κ3) is 2.53. The first-order valence-electron chi connectivity index (χ1n) is 8.70. The van der Waals surface area contributed by atoms with Crippen molar-refractivity contribution in [2.24, 2.45) is 5.92 Å². The van der Waals surface area contributed by atoms with E-state index in [1.807, 2.05) is 11.3 Å². The Morgan fingerprint density at radius 2 is 1.96 bits per heavy atom. The summed E-state index contributed by atoms with van der Waals surface area (Å²) in [5, 5.41) is 21.0. The summed E-state index contributed by atoms with van der Waals surface area (Å²) in [4.78, 5) is 6.44. The quantitative estimate of drug-likeness (QED) is 0.813. The Kier molecular flexibility index (Phi) is 3.80. The Morgan fingerprint density at radius 1 is 1.17 bits per heavy atom. The lowest BCUT2D eigenvalue weighted by atomic mass is 9.69. The van der Waals surface area contributed by atoms with Crippen molar-refractivity contribution in [1.82, 2.24) is 4.98 Å². The zero-order valence-electron chi connectivity index (χ0n) is 13.5. The van der Waals surface area contributed by atoms with Crippen molar-refractivity contribution in [3.05, 3.63) is 38.8 Å². The second kappa shape index (κ2) is 5.82. The molecule has 0 saturated heterocycles. The fraction of sp³-hybridized carbons (Fsp3) is 0.526. The SMILES string of the molecule is CCCCc1nc2c(s1)CC[C@@H]1CCc3cc(O)c(O)cc3[C@@H]21. The van der Waals surface area contributed by atoms with Crippen molar-refractivity contribution in [1.29, 1.82) is 0 Å². The first-order chi connectivity index (χ1) is 11.2. The van der Waals surface area contributed by atoms with Crippen molar-refractivity contribution in [2.75, 3.05) is 0 Å². The first-order valence-corrected chi connectivity index (χ1v) is 9.52. The molecule has 0 bridgehead atoms. The molecule has 23 heavy (non-hydrogen) atoms. The van der Waals surface area contributed by atoms with E-state index in [4.69, 9.17) is 4.98 Å². The van der Waals surface area contributed by atoms with Crippen LogP contribution in [0.3, 0.4) is 0 Å². The summed E-state index contributed by atoms with van der Waals surface area (Å²) in [7, 11) is 0. The van der Waals surface area contributed by atoms with Crippen LogP contribution in [0.2, 0.25) is 0 Å². The van der Waals surface area contributed by atoms with Crippen molar-refractivity contribution in [3.63, 3.8) is 0 Å². The second-order valence-electron chi connectivity index (χ2n) is 6.87. The summed E-state index contributed by atoms with van der Waals surface area (Å²) >= 11 is 1.89. The van der Waals surface area contributed by atoms with Crippen LogP contribution in [0.4, 0.5) is 0 Å². The number of thiazole rings is 1. The van der Waals surface area contributed by atoms with Crippen LogP contribution in [0.1, 0.15) is 65.2 Å². The molecule has 0 saturated carbocycles. The van der Waals surface area contributed by atoms with E-state index in [-0.39, 0.29) is 11.5 Å². The lowest BCUT2D eigenvalue weighted by Gasteiger charge is -2.36. The number of phenols is 2. The van der Waals surface area contributed by atoms with Crippen LogP contribution in [0, 0.1) is 5.92 Å². The van der Waals surface area contributed by atoms with Crippen molar-refractivity contribution < 1.29 is 10.2 Å². The van der Waals surface area contributed by atoms with Gasteiger partial charge in [-0.2, -0.15) is 0 Å². The van der Waals surface area contributed by atoms with E-state index in [9.17, 15) is 10.2 Å². The maximum absolute atomic E-state index is 9.97. The number of hydrogen-bond acceptors (Lipinski definition) is 4. The number of nitrogens with zero attached hydrogens (tertiary/aromatic N) is 1. The van der Waals surface area contributed by atoms with Gasteiger partial charge < -0.3 is 10.2 Å². The minimum Gasteiger partial charge on any atom is -0.504 e. The van der Waals surface area contributed by atoms with Crippen molar-refractivity contribution in [3.8, 4) is 11.5 Å². The molecule has 1 aromatic heterocycles. The summed E-state index contributed by atoms with van der Waals surface area (Å²) in [6, 6.07) is 3.53. The summed E-state index contributed by atoms with van der Waals surface area (Å²) in [6.07, 6.45) is 8.00. The van der Waals surface area contributed by atoms with E-state index >= 15 is 0 Å². The Labute approximate surface area is 141 Å². The van der Waals surface area contributed by atoms with Crippen molar-refractivity contribution in [2.45, 2.75) is 57.8 Å². The molecule has 3 nitrogen and oxygen atoms in total. The number of aromatic nitrogens is 1. The molecular formula is C19H23NO2S. The highest BCUT2D eigenvalue weighted by atomic mass is 32.1. The molecule has 2 atom stereocenters. The average molecular weight is 329 g/mol. The molecule has 122 valence electrons. The first kappa shape index (κ1) is 15.0. The van der Waals surface area contributed by atoms with Crippen molar-refractivity contribution >= 4 is 11.3 Å². The second-order valence-corrected chi connectivity index (χ2v) is 8.04. The van der Waals surface area contributed by atoms with Gasteiger partial charge in [0.15, 0.2) is 11.5 Å². The van der Waals surface area contributed by atoms with Crippen LogP contribution in [-0.2, 0) is 19.3 Å². The van der Waals surface area contributed by atoms with Gasteiger partial charge in [-0.3, -0.25) is 0 Å². The number of benzene rings is 1. The van der Waals surface area contributed by atoms with Gasteiger partial charge in [-0.1, -0.05) is 13.3 Å². The molecule has 4 heteroatoms. The highest BCUT2D eigenvalue weighted by molar-refractivity contribution is 7.11. The van der Waals surface area contributed by atoms with Gasteiger partial charge in [-0.15, -0.1) is 11.3 Å². The zero-order chi connectivity index (χ0) is 16.0. The Hall–Kier alpha value is -1.55. The van der Waals surface area contributed by atoms with E-state index < -0.39 is 0 Å². The van der Waals surface area contributed by atoms with Gasteiger partial charge >= 0.3 is 0 Å². The molecule has 0 aliphatic heterocycles. The van der Waals surface area contributed by atoms with Gasteiger partial charge in [0.1, 0.15) is 0 Å². The Balaban J connectivity index is 1.77. The molecule has 2 N–H and O–H groups in total. The number of unbranched alkanes of at least 4 members (excludes halogenated alkanes) is 1. The summed E-state index contributed by atoms with van der Waals surface area (Å²) in [6.45, 7) is 2.22. The third-order valence-electron chi connectivity index (χ3n) is 5.38. The predicted molar refractivity (Wildman–Crippen MR) is 92.5 cm³/mol. The third-order valence-corrected chi connectivity index (χ3v) is 6.57. The molecule has 1 heterocycles. The molecule has 2 aromatic rings. The number of phenolic OH excluding ortho intramolecular Hbond substituents is 2. The number of aryl methyl sites for hydroxylation is 3. The minimum absolute atomic E-state index is 0.000135. The van der Waals surface area contributed by atoms with Gasteiger partial charge in [0.05, 0.1) is 10.7 Å². The number of fused-ring (bicyclic) bond motifs is 5. The predicted octanol–water partition coefficient (Wildman–Crippen LogP) is 4.54. The summed E-state index contributed by atoms with van der Waals surface area (Å²) in [5.41, 5.74) is 3.62. The Morgan fingerprint density at radius 3 is 2.78 bits per heavy atom. The standard InChI is InChI=1S/C19H23NO2S/c1-2-3-4-17-20-19-16(23-17)8-7-11-5-6-12-9-14(21)15(22)10-13(12)18(11)19/h9-11,18,21-22H,2-8H2,1H3/t11-,18-/m0/s1. The van der Waals surface area contributed by atoms with E-state index in [1.165, 1.54) is 46.0 Å². The van der Waals surface area contributed by atoms with E-state index in [0.29, 0.717) is 11.8 Å². The van der Waals surface area contributed by atoms with Crippen LogP contribution >= 0.6 is 11.3 Å². The summed E-state index contributed by atoms with van der Waals surface area (Å²) < 4.78 is 0. The lowest BCUT2D eigenvalue weighted by molar-refractivity contribution is 0.354. The highest BCUT2D eigenvalue weighted by Crippen LogP contribution is 2.50. The zero-order valence-corrected chi connectivity index (χ0v) is 14.3. The molecule has 2 aliphatic rings. The largest absolute Gasteiger partial charge is 0.504 e. The fourth-order valence-electron chi connectivity index (χ4n) is 4.17. The highest BCUT2D eigenvalue weighted by Gasteiger charge is 2.37. The molecule has 0 spiro atoms. The molecule has 0 amide bonds. The summed E-state index contributed by atoms with van der Waals surface area (Å²) in [5.74, 6) is 0.929. The number of rotatable bonds is 3. The molecule has 0 radical (unpaired) electrons. The van der Waals surface area contributed by atoms with Gasteiger partial charge in [-0.05, 0) is 67.7 Å². The number of aromatic hydroxyl groups is 2. The molecular weight excluding hydrogens is 306 g/mol. The maximum atomic E-state index is 9.97. The molecule has 0 unspecified atom stereocenters. The van der Waals surface area contributed by atoms with E-state index in [0.717, 1.165) is 25.7 Å². The van der Waals surface area contributed by atoms with Crippen LogP contribution in [0.25, 0.3) is 0 Å². The Bertz CT molecular complexity index is 737. The van der Waals surface area contributed by atoms with Crippen LogP contribution < -0.4 is 0 Å². The van der Waals surface area contributed by atoms with Crippen LogP contribution in [-0.4, -0.2) is 15.2 Å². The van der Waals surface area contributed by atoms with Gasteiger partial charge in [0.25, 0.3) is 0 Å². The van der Waals surface area contributed by atoms with Gasteiger partial charge in [0.2, 0.25) is 0 Å². The van der Waals surface area contributed by atoms with Gasteiger partial charge in [0, 0.05) is 10.8 Å². The monoisotopic (exact) mass is 329 g/mol. The molecule has 1 aromatic carbocycles. The van der Waals surface area contributed by atoms with Gasteiger partial charge in [-0.25, -0.2) is 4.98 Å². The maximum Gasteiger partial charge on any atom is 0.157 e. The average Bonchev–Trinajstić information content (AvgIpc) is 2.96. The smallest absolute Gasteiger partial charge is 0.157 e. The normalized spacial score (nSPS) is 22.3. The molecule has 0 fully saturated rings. The van der Waals surface area contributed by atoms with E-state index in [2.05, 4.69) is 6.92 Å². The molecule has 2 aliphatic carbocycles. The molecule has 4 rings (SSSR count). The fourth-order valence-corrected chi connectivity index (χ4v) is 5.34. The topological polar surface area (TPSA) is 53.4 Å². The number of hydrogen-bond donors (Lipinski definition) is 2.